The van der Waals surface area contributed by atoms with Crippen molar-refractivity contribution < 1.29 is 8.39 Å². The highest BCUT2D eigenvalue weighted by Gasteiger charge is 2.03. The second-order valence-electron chi connectivity index (χ2n) is 3.38. The monoisotopic (exact) mass is 225 g/mol. The molecule has 1 aromatic carbocycles. The van der Waals surface area contributed by atoms with Gasteiger partial charge < -0.3 is 9.08 Å². The van der Waals surface area contributed by atoms with Crippen molar-refractivity contribution in [1.29, 1.82) is 0 Å². The Balaban J connectivity index is 2.71. The average Bonchev–Trinajstić information content (AvgIpc) is 2.18. The molecule has 0 fully saturated rings. The summed E-state index contributed by atoms with van der Waals surface area (Å²) in [6.45, 7) is 4.23. The van der Waals surface area contributed by atoms with Gasteiger partial charge in [-0.2, -0.15) is 0 Å². The van der Waals surface area contributed by atoms with E-state index < -0.39 is 11.1 Å². The first-order chi connectivity index (χ1) is 7.13. The molecule has 1 unspecified atom stereocenters. The summed E-state index contributed by atoms with van der Waals surface area (Å²) < 4.78 is 16.2. The fraction of sp³-hybridized carbons (Fsp3) is 0.273. The van der Waals surface area contributed by atoms with E-state index in [-0.39, 0.29) is 0 Å². The molecule has 0 N–H and O–H groups in total. The normalized spacial score (nSPS) is 12.5. The summed E-state index contributed by atoms with van der Waals surface area (Å²) in [4.78, 5) is 2.73. The van der Waals surface area contributed by atoms with Crippen LogP contribution in [0.3, 0.4) is 0 Å². The predicted molar refractivity (Wildman–Crippen MR) is 61.5 cm³/mol. The molecule has 0 heterocycles. The van der Waals surface area contributed by atoms with Gasteiger partial charge in [-0.3, -0.25) is 0 Å². The van der Waals surface area contributed by atoms with Gasteiger partial charge in [-0.25, -0.2) is 4.21 Å². The van der Waals surface area contributed by atoms with Crippen LogP contribution in [0, 0.1) is 0 Å². The van der Waals surface area contributed by atoms with Gasteiger partial charge in [0.2, 0.25) is 11.1 Å². The second kappa shape index (κ2) is 5.68. The van der Waals surface area contributed by atoms with E-state index in [9.17, 15) is 4.21 Å². The number of hydrogen-bond donors (Lipinski definition) is 0. The van der Waals surface area contributed by atoms with Gasteiger partial charge in [0.15, 0.2) is 0 Å². The second-order valence-corrected chi connectivity index (χ2v) is 4.51. The van der Waals surface area contributed by atoms with Crippen LogP contribution < -0.4 is 0 Å². The molecular formula is C11H15NO2S. The summed E-state index contributed by atoms with van der Waals surface area (Å²) in [5.74, 6) is 0. The van der Waals surface area contributed by atoms with E-state index >= 15 is 0 Å². The summed E-state index contributed by atoms with van der Waals surface area (Å²) in [6.07, 6.45) is 1.18. The maximum Gasteiger partial charge on any atom is 0.240 e. The van der Waals surface area contributed by atoms with Crippen LogP contribution in [0.15, 0.2) is 42.0 Å². The highest BCUT2D eigenvalue weighted by molar-refractivity contribution is 7.80. The van der Waals surface area contributed by atoms with Crippen molar-refractivity contribution in [1.82, 2.24) is 4.90 Å². The molecule has 0 saturated carbocycles. The fourth-order valence-corrected chi connectivity index (χ4v) is 1.78. The van der Waals surface area contributed by atoms with Crippen molar-refractivity contribution in [2.24, 2.45) is 0 Å². The third-order valence-electron chi connectivity index (χ3n) is 1.77. The first-order valence-corrected chi connectivity index (χ1v) is 5.64. The Hall–Kier alpha value is -1.13. The van der Waals surface area contributed by atoms with E-state index in [0.29, 0.717) is 4.90 Å². The van der Waals surface area contributed by atoms with Gasteiger partial charge in [-0.05, 0) is 31.8 Å². The van der Waals surface area contributed by atoms with Crippen molar-refractivity contribution in [2.45, 2.75) is 11.4 Å². The largest absolute Gasteiger partial charge is 0.406 e. The van der Waals surface area contributed by atoms with Crippen LogP contribution in [0.5, 0.6) is 0 Å². The minimum Gasteiger partial charge on any atom is -0.406 e. The van der Waals surface area contributed by atoms with Crippen molar-refractivity contribution in [3.8, 4) is 0 Å². The van der Waals surface area contributed by atoms with Gasteiger partial charge in [-0.15, -0.1) is 0 Å². The molecule has 1 atom stereocenters. The van der Waals surface area contributed by atoms with Crippen molar-refractivity contribution >= 4 is 11.1 Å². The van der Waals surface area contributed by atoms with E-state index in [2.05, 4.69) is 11.5 Å². The zero-order chi connectivity index (χ0) is 11.3. The summed E-state index contributed by atoms with van der Waals surface area (Å²) in [5, 5.41) is 0. The zero-order valence-electron chi connectivity index (χ0n) is 8.97. The topological polar surface area (TPSA) is 29.5 Å². The van der Waals surface area contributed by atoms with Crippen LogP contribution in [0.25, 0.3) is 0 Å². The molecule has 15 heavy (non-hydrogen) atoms. The molecule has 0 aliphatic carbocycles. The van der Waals surface area contributed by atoms with Crippen LogP contribution >= 0.6 is 0 Å². The van der Waals surface area contributed by atoms with Gasteiger partial charge in [0.25, 0.3) is 0 Å². The predicted octanol–water partition coefficient (Wildman–Crippen LogP) is 1.93. The van der Waals surface area contributed by atoms with Crippen LogP contribution in [0.4, 0.5) is 0 Å². The number of nitrogens with zero attached hydrogens (tertiary/aromatic N) is 1. The minimum absolute atomic E-state index is 0.650. The van der Waals surface area contributed by atoms with E-state index in [1.807, 2.05) is 26.2 Å². The van der Waals surface area contributed by atoms with Crippen LogP contribution in [0.1, 0.15) is 5.56 Å². The molecule has 1 rings (SSSR count). The summed E-state index contributed by atoms with van der Waals surface area (Å²) in [6, 6.07) is 7.50. The molecule has 0 aliphatic heterocycles. The number of benzene rings is 1. The quantitative estimate of drug-likeness (QED) is 0.717. The molecule has 82 valence electrons. The lowest BCUT2D eigenvalue weighted by Gasteiger charge is -2.09. The van der Waals surface area contributed by atoms with Crippen molar-refractivity contribution in [3.63, 3.8) is 0 Å². The Kier molecular flexibility index (Phi) is 4.52. The molecule has 4 heteroatoms. The maximum atomic E-state index is 11.4. The molecule has 0 aromatic heterocycles. The minimum atomic E-state index is -1.44. The van der Waals surface area contributed by atoms with Crippen molar-refractivity contribution in [3.05, 3.63) is 42.7 Å². The first-order valence-electron chi connectivity index (χ1n) is 4.57. The van der Waals surface area contributed by atoms with Gasteiger partial charge in [-0.1, -0.05) is 18.7 Å². The Morgan fingerprint density at radius 2 is 2.00 bits per heavy atom. The van der Waals surface area contributed by atoms with E-state index in [4.69, 9.17) is 4.18 Å². The van der Waals surface area contributed by atoms with E-state index in [1.165, 1.54) is 11.8 Å². The Labute approximate surface area is 93.0 Å². The summed E-state index contributed by atoms with van der Waals surface area (Å²) in [7, 11) is 4.01. The Morgan fingerprint density at radius 1 is 1.40 bits per heavy atom. The SMILES string of the molecule is C=COS(=O)c1ccc(CN(C)C)cc1. The van der Waals surface area contributed by atoms with Crippen LogP contribution in [-0.4, -0.2) is 23.2 Å². The summed E-state index contributed by atoms with van der Waals surface area (Å²) >= 11 is -1.44. The number of rotatable bonds is 5. The van der Waals surface area contributed by atoms with Gasteiger partial charge in [0.05, 0.1) is 11.2 Å². The molecule has 0 aliphatic rings. The third kappa shape index (κ3) is 3.85. The standard InChI is InChI=1S/C11H15NO2S/c1-4-14-15(13)11-7-5-10(6-8-11)9-12(2)3/h4-8H,1,9H2,2-3H3. The highest BCUT2D eigenvalue weighted by Crippen LogP contribution is 2.10. The Bertz CT molecular complexity index is 346. The molecule has 0 radical (unpaired) electrons. The zero-order valence-corrected chi connectivity index (χ0v) is 9.79. The van der Waals surface area contributed by atoms with Gasteiger partial charge in [0.1, 0.15) is 0 Å². The lowest BCUT2D eigenvalue weighted by Crippen LogP contribution is -2.10. The highest BCUT2D eigenvalue weighted by atomic mass is 32.2. The Morgan fingerprint density at radius 3 is 2.47 bits per heavy atom. The summed E-state index contributed by atoms with van der Waals surface area (Å²) in [5.41, 5.74) is 1.18. The molecule has 3 nitrogen and oxygen atoms in total. The molecule has 0 saturated heterocycles. The van der Waals surface area contributed by atoms with Crippen LogP contribution in [-0.2, 0) is 21.8 Å². The lowest BCUT2D eigenvalue weighted by atomic mass is 10.2. The first kappa shape index (κ1) is 11.9. The van der Waals surface area contributed by atoms with Gasteiger partial charge >= 0.3 is 0 Å². The van der Waals surface area contributed by atoms with E-state index in [0.717, 1.165) is 6.54 Å². The average molecular weight is 225 g/mol. The fourth-order valence-electron chi connectivity index (χ4n) is 1.19. The number of hydrogen-bond acceptors (Lipinski definition) is 3. The van der Waals surface area contributed by atoms with E-state index in [1.54, 1.807) is 12.1 Å². The van der Waals surface area contributed by atoms with Crippen LogP contribution in [0.2, 0.25) is 0 Å². The maximum absolute atomic E-state index is 11.4. The van der Waals surface area contributed by atoms with Gasteiger partial charge in [0, 0.05) is 6.54 Å². The smallest absolute Gasteiger partial charge is 0.240 e. The van der Waals surface area contributed by atoms with Crippen molar-refractivity contribution in [2.75, 3.05) is 14.1 Å². The lowest BCUT2D eigenvalue weighted by molar-refractivity contribution is 0.402. The third-order valence-corrected chi connectivity index (χ3v) is 2.74. The molecule has 1 aromatic rings. The molecule has 0 amide bonds. The molecular weight excluding hydrogens is 210 g/mol. The molecule has 0 bridgehead atoms. The molecule has 0 spiro atoms.